The summed E-state index contributed by atoms with van der Waals surface area (Å²) >= 11 is 0. The lowest BCUT2D eigenvalue weighted by Gasteiger charge is -2.39. The van der Waals surface area contributed by atoms with Crippen LogP contribution in [0.2, 0.25) is 0 Å². The number of esters is 1. The Bertz CT molecular complexity index is 897. The zero-order chi connectivity index (χ0) is 24.7. The number of hydrogen-bond donors (Lipinski definition) is 2. The first kappa shape index (κ1) is 25.5. The summed E-state index contributed by atoms with van der Waals surface area (Å²) in [4.78, 5) is 52.7. The minimum absolute atomic E-state index is 0.125. The molecule has 0 spiro atoms. The number of carbonyl (C=O) groups excluding carboxylic acids is 4. The van der Waals surface area contributed by atoms with E-state index >= 15 is 0 Å². The summed E-state index contributed by atoms with van der Waals surface area (Å²) < 4.78 is 5.02. The van der Waals surface area contributed by atoms with Gasteiger partial charge in [-0.3, -0.25) is 9.59 Å². The normalized spacial score (nSPS) is 21.1. The quantitative estimate of drug-likeness (QED) is 0.591. The third-order valence-electron chi connectivity index (χ3n) is 7.01. The van der Waals surface area contributed by atoms with Gasteiger partial charge in [-0.15, -0.1) is 0 Å². The summed E-state index contributed by atoms with van der Waals surface area (Å²) in [5, 5.41) is 2.88. The first-order valence-corrected chi connectivity index (χ1v) is 12.2. The van der Waals surface area contributed by atoms with Crippen LogP contribution in [0.15, 0.2) is 24.3 Å². The van der Waals surface area contributed by atoms with Gasteiger partial charge in [-0.25, -0.2) is 9.59 Å². The molecule has 3 N–H and O–H groups in total. The van der Waals surface area contributed by atoms with E-state index in [2.05, 4.69) is 12.2 Å². The Morgan fingerprint density at radius 2 is 1.74 bits per heavy atom. The van der Waals surface area contributed by atoms with E-state index in [0.717, 1.165) is 12.8 Å². The maximum atomic E-state index is 12.9. The molecule has 0 bridgehead atoms. The number of benzene rings is 1. The Kier molecular flexibility index (Phi) is 8.90. The summed E-state index contributed by atoms with van der Waals surface area (Å²) in [6.07, 6.45) is 3.38. The van der Waals surface area contributed by atoms with Crippen molar-refractivity contribution < 1.29 is 23.9 Å². The van der Waals surface area contributed by atoms with E-state index in [0.29, 0.717) is 56.7 Å². The SMILES string of the molecule is CCOC(=O)c1cccc(NC(=O)N2CC[C@@H](CC(=O)N3CCC(C(N)=O)CC3)[C@H](CC)C2)c1. The number of carbonyl (C=O) groups is 4. The van der Waals surface area contributed by atoms with Gasteiger partial charge >= 0.3 is 12.0 Å². The van der Waals surface area contributed by atoms with Crippen molar-refractivity contribution in [3.05, 3.63) is 29.8 Å². The highest BCUT2D eigenvalue weighted by Gasteiger charge is 2.34. The summed E-state index contributed by atoms with van der Waals surface area (Å²) in [5.74, 6) is -0.252. The molecule has 2 aliphatic rings. The molecular formula is C25H36N4O5. The average molecular weight is 473 g/mol. The van der Waals surface area contributed by atoms with E-state index in [4.69, 9.17) is 10.5 Å². The first-order valence-electron chi connectivity index (χ1n) is 12.2. The predicted molar refractivity (Wildman–Crippen MR) is 128 cm³/mol. The first-order chi connectivity index (χ1) is 16.3. The summed E-state index contributed by atoms with van der Waals surface area (Å²) in [6.45, 7) is 6.44. The van der Waals surface area contributed by atoms with E-state index in [-0.39, 0.29) is 42.2 Å². The van der Waals surface area contributed by atoms with Crippen LogP contribution in [-0.4, -0.2) is 66.4 Å². The number of rotatable bonds is 7. The third kappa shape index (κ3) is 6.48. The molecule has 2 aliphatic heterocycles. The zero-order valence-electron chi connectivity index (χ0n) is 20.1. The van der Waals surface area contributed by atoms with Crippen LogP contribution < -0.4 is 11.1 Å². The van der Waals surface area contributed by atoms with Crippen molar-refractivity contribution >= 4 is 29.5 Å². The van der Waals surface area contributed by atoms with Gasteiger partial charge in [-0.05, 0) is 56.2 Å². The number of likely N-dealkylation sites (tertiary alicyclic amines) is 2. The molecule has 1 aromatic carbocycles. The molecule has 1 aromatic rings. The number of anilines is 1. The lowest BCUT2D eigenvalue weighted by molar-refractivity contribution is -0.136. The zero-order valence-corrected chi connectivity index (χ0v) is 20.1. The molecule has 2 atom stereocenters. The fourth-order valence-electron chi connectivity index (χ4n) is 4.90. The number of hydrogen-bond acceptors (Lipinski definition) is 5. The molecule has 0 unspecified atom stereocenters. The highest BCUT2D eigenvalue weighted by Crippen LogP contribution is 2.31. The van der Waals surface area contributed by atoms with Crippen LogP contribution >= 0.6 is 0 Å². The largest absolute Gasteiger partial charge is 0.462 e. The summed E-state index contributed by atoms with van der Waals surface area (Å²) in [6, 6.07) is 6.50. The van der Waals surface area contributed by atoms with Crippen LogP contribution in [0.25, 0.3) is 0 Å². The van der Waals surface area contributed by atoms with E-state index in [9.17, 15) is 19.2 Å². The van der Waals surface area contributed by atoms with Crippen LogP contribution in [0, 0.1) is 17.8 Å². The lowest BCUT2D eigenvalue weighted by Crippen LogP contribution is -2.47. The predicted octanol–water partition coefficient (Wildman–Crippen LogP) is 2.86. The number of urea groups is 1. The Labute approximate surface area is 201 Å². The van der Waals surface area contributed by atoms with Crippen LogP contribution in [-0.2, 0) is 14.3 Å². The number of nitrogens with two attached hydrogens (primary N) is 1. The average Bonchev–Trinajstić information content (AvgIpc) is 2.84. The monoisotopic (exact) mass is 472 g/mol. The van der Waals surface area contributed by atoms with Gasteiger partial charge in [0, 0.05) is 44.2 Å². The van der Waals surface area contributed by atoms with Gasteiger partial charge in [-0.1, -0.05) is 19.4 Å². The molecule has 4 amide bonds. The van der Waals surface area contributed by atoms with Gasteiger partial charge in [0.1, 0.15) is 0 Å². The van der Waals surface area contributed by atoms with Gasteiger partial charge < -0.3 is 25.6 Å². The number of amides is 4. The maximum Gasteiger partial charge on any atom is 0.338 e. The van der Waals surface area contributed by atoms with Gasteiger partial charge in [0.05, 0.1) is 12.2 Å². The second-order valence-electron chi connectivity index (χ2n) is 9.16. The Morgan fingerprint density at radius 3 is 2.38 bits per heavy atom. The molecule has 34 heavy (non-hydrogen) atoms. The summed E-state index contributed by atoms with van der Waals surface area (Å²) in [7, 11) is 0. The molecule has 2 heterocycles. The number of primary amides is 1. The minimum Gasteiger partial charge on any atom is -0.462 e. The van der Waals surface area contributed by atoms with Crippen molar-refractivity contribution in [3.8, 4) is 0 Å². The van der Waals surface area contributed by atoms with Crippen molar-refractivity contribution in [2.24, 2.45) is 23.5 Å². The van der Waals surface area contributed by atoms with Crippen molar-refractivity contribution in [2.75, 3.05) is 38.1 Å². The molecule has 2 saturated heterocycles. The molecule has 3 rings (SSSR count). The molecule has 0 saturated carbocycles. The molecule has 186 valence electrons. The van der Waals surface area contributed by atoms with E-state index in [1.54, 1.807) is 36.1 Å². The highest BCUT2D eigenvalue weighted by atomic mass is 16.5. The van der Waals surface area contributed by atoms with Gasteiger partial charge in [-0.2, -0.15) is 0 Å². The minimum atomic E-state index is -0.422. The smallest absolute Gasteiger partial charge is 0.338 e. The molecule has 2 fully saturated rings. The number of ether oxygens (including phenoxy) is 1. The Balaban J connectivity index is 1.52. The van der Waals surface area contributed by atoms with Crippen LogP contribution in [0.3, 0.4) is 0 Å². The molecular weight excluding hydrogens is 436 g/mol. The third-order valence-corrected chi connectivity index (χ3v) is 7.01. The van der Waals surface area contributed by atoms with Crippen molar-refractivity contribution in [3.63, 3.8) is 0 Å². The highest BCUT2D eigenvalue weighted by molar-refractivity contribution is 5.94. The molecule has 0 aliphatic carbocycles. The van der Waals surface area contributed by atoms with Crippen molar-refractivity contribution in [1.29, 1.82) is 0 Å². The van der Waals surface area contributed by atoms with Gasteiger partial charge in [0.25, 0.3) is 0 Å². The Hall–Kier alpha value is -3.10. The van der Waals surface area contributed by atoms with Crippen LogP contribution in [0.1, 0.15) is 56.3 Å². The second-order valence-corrected chi connectivity index (χ2v) is 9.16. The van der Waals surface area contributed by atoms with Crippen molar-refractivity contribution in [2.45, 2.75) is 46.0 Å². The van der Waals surface area contributed by atoms with E-state index < -0.39 is 5.97 Å². The van der Waals surface area contributed by atoms with Gasteiger partial charge in [0.15, 0.2) is 0 Å². The van der Waals surface area contributed by atoms with Crippen molar-refractivity contribution in [1.82, 2.24) is 9.80 Å². The lowest BCUT2D eigenvalue weighted by atomic mass is 9.81. The van der Waals surface area contributed by atoms with Crippen LogP contribution in [0.5, 0.6) is 0 Å². The standard InChI is InChI=1S/C25H36N4O5/c1-3-17-16-29(25(33)27-21-7-5-6-20(14-21)24(32)34-4-2)13-10-19(17)15-22(30)28-11-8-18(9-12-28)23(26)31/h5-7,14,17-19H,3-4,8-13,15-16H2,1-2H3,(H2,26,31)(H,27,33)/t17-,19+/m1/s1. The van der Waals surface area contributed by atoms with E-state index in [1.807, 2.05) is 4.90 Å². The Morgan fingerprint density at radius 1 is 1.03 bits per heavy atom. The number of piperidine rings is 2. The van der Waals surface area contributed by atoms with E-state index in [1.165, 1.54) is 0 Å². The maximum absolute atomic E-state index is 12.9. The second kappa shape index (κ2) is 11.9. The molecule has 9 nitrogen and oxygen atoms in total. The molecule has 9 heteroatoms. The fraction of sp³-hybridized carbons (Fsp3) is 0.600. The summed E-state index contributed by atoms with van der Waals surface area (Å²) in [5.41, 5.74) is 6.33. The topological polar surface area (TPSA) is 122 Å². The fourth-order valence-corrected chi connectivity index (χ4v) is 4.90. The van der Waals surface area contributed by atoms with Gasteiger partial charge in [0.2, 0.25) is 11.8 Å². The van der Waals surface area contributed by atoms with Crippen LogP contribution in [0.4, 0.5) is 10.5 Å². The number of nitrogens with one attached hydrogen (secondary N) is 1. The molecule has 0 radical (unpaired) electrons. The molecule has 0 aromatic heterocycles. The number of nitrogens with zero attached hydrogens (tertiary/aromatic N) is 2.